The van der Waals surface area contributed by atoms with Gasteiger partial charge in [0.1, 0.15) is 0 Å². The van der Waals surface area contributed by atoms with Gasteiger partial charge in [0.2, 0.25) is 0 Å². The summed E-state index contributed by atoms with van der Waals surface area (Å²) in [5, 5.41) is 0. The second-order valence-corrected chi connectivity index (χ2v) is 7.16. The zero-order chi connectivity index (χ0) is 10.5. The maximum absolute atomic E-state index is 2.36. The first-order valence-electron chi connectivity index (χ1n) is 6.00. The number of hydrogen-bond acceptors (Lipinski definition) is 2. The predicted octanol–water partition coefficient (Wildman–Crippen LogP) is 4.04. The molecule has 1 aliphatic heterocycles. The third kappa shape index (κ3) is 1.26. The quantitative estimate of drug-likeness (QED) is 0.677. The number of allylic oxidation sites excluding steroid dienone is 2. The number of benzene rings is 1. The first kappa shape index (κ1) is 9.67. The van der Waals surface area contributed by atoms with E-state index >= 15 is 0 Å². The van der Waals surface area contributed by atoms with Crippen LogP contribution in [0.25, 0.3) is 0 Å². The van der Waals surface area contributed by atoms with Gasteiger partial charge in [-0.15, -0.1) is 23.5 Å². The Morgan fingerprint density at radius 3 is 2.88 bits per heavy atom. The Hall–Kier alpha value is -0.340. The molecular formula is C14H14S2. The van der Waals surface area contributed by atoms with Crippen molar-refractivity contribution in [2.24, 2.45) is 5.92 Å². The molecule has 0 saturated carbocycles. The van der Waals surface area contributed by atoms with Gasteiger partial charge in [0.25, 0.3) is 0 Å². The van der Waals surface area contributed by atoms with Crippen LogP contribution in [0.3, 0.4) is 0 Å². The molecule has 0 N–H and O–H groups in total. The summed E-state index contributed by atoms with van der Waals surface area (Å²) in [7, 11) is 0. The molecule has 0 spiro atoms. The van der Waals surface area contributed by atoms with E-state index in [4.69, 9.17) is 0 Å². The fourth-order valence-electron chi connectivity index (χ4n) is 3.35. The molecule has 0 radical (unpaired) electrons. The fourth-order valence-corrected chi connectivity index (χ4v) is 6.18. The molecule has 0 bridgehead atoms. The number of hydrogen-bond donors (Lipinski definition) is 0. The second kappa shape index (κ2) is 3.58. The van der Waals surface area contributed by atoms with Crippen molar-refractivity contribution in [3.05, 3.63) is 45.2 Å². The lowest BCUT2D eigenvalue weighted by atomic mass is 9.96. The molecule has 0 amide bonds. The smallest absolute Gasteiger partial charge is 0.0195 e. The Balaban J connectivity index is 1.82. The lowest BCUT2D eigenvalue weighted by Crippen LogP contribution is -2.02. The minimum Gasteiger partial charge on any atom is -0.129 e. The molecule has 2 heteroatoms. The Morgan fingerprint density at radius 2 is 1.88 bits per heavy atom. The zero-order valence-corrected chi connectivity index (χ0v) is 10.7. The Labute approximate surface area is 105 Å². The largest absolute Gasteiger partial charge is 0.129 e. The average Bonchev–Trinajstić information content (AvgIpc) is 2.83. The van der Waals surface area contributed by atoms with Crippen LogP contribution in [0.4, 0.5) is 0 Å². The molecule has 2 aliphatic carbocycles. The third-order valence-corrected chi connectivity index (χ3v) is 6.72. The molecule has 16 heavy (non-hydrogen) atoms. The summed E-state index contributed by atoms with van der Waals surface area (Å²) >= 11 is 4.26. The molecule has 0 nitrogen and oxygen atoms in total. The summed E-state index contributed by atoms with van der Waals surface area (Å²) in [5.41, 5.74) is 3.24. The van der Waals surface area contributed by atoms with E-state index in [1.54, 1.807) is 20.9 Å². The van der Waals surface area contributed by atoms with Crippen LogP contribution in [0.15, 0.2) is 34.1 Å². The van der Waals surface area contributed by atoms with E-state index in [9.17, 15) is 0 Å². The number of fused-ring (bicyclic) bond motifs is 4. The predicted molar refractivity (Wildman–Crippen MR) is 72.9 cm³/mol. The van der Waals surface area contributed by atoms with Gasteiger partial charge in [0, 0.05) is 22.3 Å². The van der Waals surface area contributed by atoms with Crippen molar-refractivity contribution in [1.29, 1.82) is 0 Å². The summed E-state index contributed by atoms with van der Waals surface area (Å²) in [6.07, 6.45) is 2.67. The number of thioether (sulfide) groups is 2. The minimum atomic E-state index is 0.768. The molecule has 0 saturated heterocycles. The fraction of sp³-hybridized carbons (Fsp3) is 0.429. The molecule has 1 aromatic carbocycles. The summed E-state index contributed by atoms with van der Waals surface area (Å²) in [6, 6.07) is 9.09. The Kier molecular flexibility index (Phi) is 2.16. The highest BCUT2D eigenvalue weighted by Crippen LogP contribution is 2.58. The van der Waals surface area contributed by atoms with Gasteiger partial charge in [0.15, 0.2) is 0 Å². The highest BCUT2D eigenvalue weighted by atomic mass is 32.2. The summed E-state index contributed by atoms with van der Waals surface area (Å²) < 4.78 is 0. The highest BCUT2D eigenvalue weighted by Gasteiger charge is 2.42. The Morgan fingerprint density at radius 1 is 1.00 bits per heavy atom. The van der Waals surface area contributed by atoms with Gasteiger partial charge < -0.3 is 0 Å². The van der Waals surface area contributed by atoms with Crippen molar-refractivity contribution in [3.8, 4) is 0 Å². The summed E-state index contributed by atoms with van der Waals surface area (Å²) in [6.45, 7) is 0. The lowest BCUT2D eigenvalue weighted by Gasteiger charge is -2.18. The first-order chi connectivity index (χ1) is 7.93. The van der Waals surface area contributed by atoms with Crippen LogP contribution in [0.2, 0.25) is 0 Å². The van der Waals surface area contributed by atoms with Crippen LogP contribution in [-0.4, -0.2) is 11.5 Å². The molecule has 0 fully saturated rings. The molecule has 4 rings (SSSR count). The second-order valence-electron chi connectivity index (χ2n) is 4.83. The monoisotopic (exact) mass is 246 g/mol. The van der Waals surface area contributed by atoms with Crippen LogP contribution in [0, 0.1) is 5.92 Å². The minimum absolute atomic E-state index is 0.768. The number of rotatable bonds is 0. The summed E-state index contributed by atoms with van der Waals surface area (Å²) in [5.74, 6) is 4.30. The molecule has 1 aromatic rings. The van der Waals surface area contributed by atoms with E-state index in [1.807, 2.05) is 0 Å². The van der Waals surface area contributed by atoms with Crippen molar-refractivity contribution in [1.82, 2.24) is 0 Å². The van der Waals surface area contributed by atoms with Gasteiger partial charge in [-0.25, -0.2) is 0 Å². The van der Waals surface area contributed by atoms with Gasteiger partial charge in [-0.2, -0.15) is 0 Å². The van der Waals surface area contributed by atoms with Gasteiger partial charge >= 0.3 is 0 Å². The maximum atomic E-state index is 2.36. The molecule has 82 valence electrons. The van der Waals surface area contributed by atoms with Crippen LogP contribution < -0.4 is 0 Å². The topological polar surface area (TPSA) is 0 Å². The molecule has 2 atom stereocenters. The van der Waals surface area contributed by atoms with E-state index < -0.39 is 0 Å². The molecule has 1 heterocycles. The molecule has 0 aromatic heterocycles. The average molecular weight is 246 g/mol. The van der Waals surface area contributed by atoms with Crippen molar-refractivity contribution < 1.29 is 0 Å². The SMILES string of the molecule is c1ccc2c(c1)C[C@@H]1CC3=C(SCCS3)[C@H]21. The van der Waals surface area contributed by atoms with Gasteiger partial charge in [-0.05, 0) is 34.8 Å². The van der Waals surface area contributed by atoms with Gasteiger partial charge in [-0.1, -0.05) is 24.3 Å². The van der Waals surface area contributed by atoms with Crippen LogP contribution in [0.5, 0.6) is 0 Å². The van der Waals surface area contributed by atoms with E-state index in [2.05, 4.69) is 47.8 Å². The first-order valence-corrected chi connectivity index (χ1v) is 7.97. The van der Waals surface area contributed by atoms with Crippen molar-refractivity contribution in [2.45, 2.75) is 18.8 Å². The van der Waals surface area contributed by atoms with E-state index in [-0.39, 0.29) is 0 Å². The molecule has 0 unspecified atom stereocenters. The van der Waals surface area contributed by atoms with E-state index in [0.29, 0.717) is 0 Å². The Bertz CT molecular complexity index is 475. The van der Waals surface area contributed by atoms with Gasteiger partial charge in [-0.3, -0.25) is 0 Å². The van der Waals surface area contributed by atoms with E-state index in [0.717, 1.165) is 11.8 Å². The summed E-state index contributed by atoms with van der Waals surface area (Å²) in [4.78, 5) is 3.45. The molecule has 3 aliphatic rings. The van der Waals surface area contributed by atoms with E-state index in [1.165, 1.54) is 24.3 Å². The van der Waals surface area contributed by atoms with Crippen molar-refractivity contribution >= 4 is 23.5 Å². The van der Waals surface area contributed by atoms with Crippen LogP contribution in [0.1, 0.15) is 23.5 Å². The normalized spacial score (nSPS) is 31.2. The standard InChI is InChI=1S/C14H14S2/c1-2-4-11-9(3-1)7-10-8-12-14(13(10)11)16-6-5-15-12/h1-4,10,13H,5-8H2/t10-,13+/m1/s1. The van der Waals surface area contributed by atoms with Crippen LogP contribution >= 0.6 is 23.5 Å². The third-order valence-electron chi connectivity index (χ3n) is 3.97. The van der Waals surface area contributed by atoms with Crippen molar-refractivity contribution in [3.63, 3.8) is 0 Å². The van der Waals surface area contributed by atoms with Crippen molar-refractivity contribution in [2.75, 3.05) is 11.5 Å². The maximum Gasteiger partial charge on any atom is 0.0195 e. The molecular weight excluding hydrogens is 232 g/mol. The highest BCUT2D eigenvalue weighted by molar-refractivity contribution is 8.10. The van der Waals surface area contributed by atoms with Crippen LogP contribution in [-0.2, 0) is 6.42 Å². The van der Waals surface area contributed by atoms with Gasteiger partial charge in [0.05, 0.1) is 0 Å². The zero-order valence-electron chi connectivity index (χ0n) is 9.11. The lowest BCUT2D eigenvalue weighted by molar-refractivity contribution is 0.549.